The van der Waals surface area contributed by atoms with Crippen molar-refractivity contribution >= 4 is 35.2 Å². The van der Waals surface area contributed by atoms with Gasteiger partial charge in [0.2, 0.25) is 0 Å². The van der Waals surface area contributed by atoms with Crippen LogP contribution in [0.1, 0.15) is 15.9 Å². The fraction of sp³-hybridized carbons (Fsp3) is 0.154. The van der Waals surface area contributed by atoms with E-state index >= 15 is 0 Å². The third kappa shape index (κ3) is 8.17. The number of amides is 4. The average Bonchev–Trinajstić information content (AvgIpc) is 2.90. The van der Waals surface area contributed by atoms with Gasteiger partial charge in [0.15, 0.2) is 6.61 Å². The number of methoxy groups -OCH3 is 1. The first-order valence-corrected chi connectivity index (χ1v) is 11.0. The van der Waals surface area contributed by atoms with Crippen molar-refractivity contribution < 1.29 is 28.7 Å². The normalized spacial score (nSPS) is 10.0. The lowest BCUT2D eigenvalue weighted by molar-refractivity contribution is -0.146. The van der Waals surface area contributed by atoms with Gasteiger partial charge in [-0.1, -0.05) is 42.5 Å². The summed E-state index contributed by atoms with van der Waals surface area (Å²) >= 11 is 0. The topological polar surface area (TPSA) is 135 Å². The summed E-state index contributed by atoms with van der Waals surface area (Å²) in [5.41, 5.74) is 2.24. The highest BCUT2D eigenvalue weighted by Crippen LogP contribution is 2.23. The highest BCUT2D eigenvalue weighted by Gasteiger charge is 2.12. The maximum Gasteiger partial charge on any atom is 0.325 e. The number of anilines is 2. The van der Waals surface area contributed by atoms with Gasteiger partial charge in [0.05, 0.1) is 12.8 Å². The largest absolute Gasteiger partial charge is 0.495 e. The molecule has 4 N–H and O–H groups in total. The van der Waals surface area contributed by atoms with Crippen molar-refractivity contribution in [3.63, 3.8) is 0 Å². The van der Waals surface area contributed by atoms with E-state index in [4.69, 9.17) is 9.47 Å². The Morgan fingerprint density at radius 1 is 0.778 bits per heavy atom. The summed E-state index contributed by atoms with van der Waals surface area (Å²) in [7, 11) is 1.51. The number of nitrogens with one attached hydrogen (secondary N) is 4. The summed E-state index contributed by atoms with van der Waals surface area (Å²) in [6.07, 6.45) is 0. The number of rotatable bonds is 10. The van der Waals surface area contributed by atoms with E-state index in [2.05, 4.69) is 21.3 Å². The van der Waals surface area contributed by atoms with Crippen LogP contribution in [0.2, 0.25) is 0 Å². The summed E-state index contributed by atoms with van der Waals surface area (Å²) in [4.78, 5) is 48.1. The summed E-state index contributed by atoms with van der Waals surface area (Å²) < 4.78 is 10.1. The molecule has 0 aliphatic rings. The predicted molar refractivity (Wildman–Crippen MR) is 134 cm³/mol. The Bertz CT molecular complexity index is 1200. The van der Waals surface area contributed by atoms with Crippen molar-refractivity contribution in [1.82, 2.24) is 10.6 Å². The van der Waals surface area contributed by atoms with Crippen molar-refractivity contribution in [3.05, 3.63) is 90.0 Å². The Morgan fingerprint density at radius 3 is 2.19 bits per heavy atom. The molecule has 0 heterocycles. The number of para-hydroxylation sites is 2. The van der Waals surface area contributed by atoms with E-state index in [1.54, 1.807) is 48.5 Å². The molecular formula is C26H26N4O6. The zero-order valence-electron chi connectivity index (χ0n) is 19.6. The van der Waals surface area contributed by atoms with Crippen molar-refractivity contribution in [2.45, 2.75) is 6.54 Å². The van der Waals surface area contributed by atoms with Gasteiger partial charge in [-0.2, -0.15) is 0 Å². The Kier molecular flexibility index (Phi) is 9.40. The molecule has 0 fully saturated rings. The molecule has 0 spiro atoms. The molecule has 0 aliphatic carbocycles. The van der Waals surface area contributed by atoms with Crippen molar-refractivity contribution in [2.75, 3.05) is 30.9 Å². The number of ether oxygens (including phenoxy) is 2. The van der Waals surface area contributed by atoms with Gasteiger partial charge < -0.3 is 30.7 Å². The number of esters is 1. The fourth-order valence-electron chi connectivity index (χ4n) is 3.03. The van der Waals surface area contributed by atoms with Crippen LogP contribution in [0.4, 0.5) is 16.2 Å². The minimum Gasteiger partial charge on any atom is -0.495 e. The van der Waals surface area contributed by atoms with E-state index in [9.17, 15) is 19.2 Å². The van der Waals surface area contributed by atoms with E-state index in [-0.39, 0.29) is 12.5 Å². The summed E-state index contributed by atoms with van der Waals surface area (Å²) in [6.45, 7) is -0.600. The van der Waals surface area contributed by atoms with Gasteiger partial charge >= 0.3 is 12.0 Å². The van der Waals surface area contributed by atoms with Gasteiger partial charge in [0.25, 0.3) is 11.8 Å². The third-order valence-corrected chi connectivity index (χ3v) is 4.84. The second-order valence-electron chi connectivity index (χ2n) is 7.46. The van der Waals surface area contributed by atoms with Crippen LogP contribution in [0.3, 0.4) is 0 Å². The number of carbonyl (C=O) groups excluding carboxylic acids is 4. The molecule has 3 aromatic rings. The van der Waals surface area contributed by atoms with E-state index in [0.29, 0.717) is 29.2 Å². The average molecular weight is 491 g/mol. The molecule has 0 bridgehead atoms. The Morgan fingerprint density at radius 2 is 1.47 bits per heavy atom. The van der Waals surface area contributed by atoms with Crippen LogP contribution in [-0.2, 0) is 20.9 Å². The molecule has 0 atom stereocenters. The second kappa shape index (κ2) is 13.1. The SMILES string of the molecule is COc1ccccc1NC(=O)c1ccc(NC(=O)COC(=O)CNC(=O)NCc2ccccc2)cc1. The quantitative estimate of drug-likeness (QED) is 0.323. The molecule has 0 radical (unpaired) electrons. The Balaban J connectivity index is 1.37. The van der Waals surface area contributed by atoms with Crippen molar-refractivity contribution in [3.8, 4) is 5.75 Å². The molecular weight excluding hydrogens is 464 g/mol. The molecule has 4 amide bonds. The van der Waals surface area contributed by atoms with Gasteiger partial charge in [-0.3, -0.25) is 14.4 Å². The van der Waals surface area contributed by atoms with Gasteiger partial charge in [-0.25, -0.2) is 4.79 Å². The first-order valence-electron chi connectivity index (χ1n) is 11.0. The van der Waals surface area contributed by atoms with Crippen LogP contribution in [0.25, 0.3) is 0 Å². The van der Waals surface area contributed by atoms with Crippen LogP contribution >= 0.6 is 0 Å². The van der Waals surface area contributed by atoms with Crippen LogP contribution in [0.15, 0.2) is 78.9 Å². The van der Waals surface area contributed by atoms with Crippen LogP contribution in [0, 0.1) is 0 Å². The molecule has 10 nitrogen and oxygen atoms in total. The monoisotopic (exact) mass is 490 g/mol. The van der Waals surface area contributed by atoms with Gasteiger partial charge in [0.1, 0.15) is 12.3 Å². The van der Waals surface area contributed by atoms with Crippen molar-refractivity contribution in [2.24, 2.45) is 0 Å². The molecule has 0 aromatic heterocycles. The zero-order chi connectivity index (χ0) is 25.8. The molecule has 10 heteroatoms. The molecule has 0 saturated heterocycles. The molecule has 0 saturated carbocycles. The first kappa shape index (κ1) is 25.8. The summed E-state index contributed by atoms with van der Waals surface area (Å²) in [6, 6.07) is 22.0. The van der Waals surface area contributed by atoms with E-state index in [1.807, 2.05) is 30.3 Å². The lowest BCUT2D eigenvalue weighted by Gasteiger charge is -2.11. The van der Waals surface area contributed by atoms with E-state index in [1.165, 1.54) is 7.11 Å². The lowest BCUT2D eigenvalue weighted by Crippen LogP contribution is -2.39. The zero-order valence-corrected chi connectivity index (χ0v) is 19.6. The van der Waals surface area contributed by atoms with E-state index < -0.39 is 24.5 Å². The maximum atomic E-state index is 12.5. The van der Waals surface area contributed by atoms with Gasteiger partial charge in [0, 0.05) is 17.8 Å². The Labute approximate surface area is 208 Å². The molecule has 186 valence electrons. The minimum absolute atomic E-state index is 0.311. The number of carbonyl (C=O) groups is 4. The fourth-order valence-corrected chi connectivity index (χ4v) is 3.03. The predicted octanol–water partition coefficient (Wildman–Crippen LogP) is 2.93. The van der Waals surface area contributed by atoms with Crippen molar-refractivity contribution in [1.29, 1.82) is 0 Å². The second-order valence-corrected chi connectivity index (χ2v) is 7.46. The number of urea groups is 1. The van der Waals surface area contributed by atoms with E-state index in [0.717, 1.165) is 5.56 Å². The van der Waals surface area contributed by atoms with Crippen LogP contribution in [-0.4, -0.2) is 44.1 Å². The third-order valence-electron chi connectivity index (χ3n) is 4.84. The molecule has 3 aromatic carbocycles. The van der Waals surface area contributed by atoms with Crippen LogP contribution < -0.4 is 26.0 Å². The smallest absolute Gasteiger partial charge is 0.325 e. The molecule has 3 rings (SSSR count). The molecule has 0 aliphatic heterocycles. The number of benzene rings is 3. The summed E-state index contributed by atoms with van der Waals surface area (Å²) in [5, 5.41) is 10.3. The lowest BCUT2D eigenvalue weighted by atomic mass is 10.2. The standard InChI is InChI=1S/C26H26N4O6/c1-35-22-10-6-5-9-21(22)30-25(33)19-11-13-20(14-12-19)29-23(31)17-36-24(32)16-28-26(34)27-15-18-7-3-2-4-8-18/h2-14H,15-17H2,1H3,(H,29,31)(H,30,33)(H2,27,28,34). The molecule has 36 heavy (non-hydrogen) atoms. The van der Waals surface area contributed by atoms with Gasteiger partial charge in [-0.15, -0.1) is 0 Å². The Hall–Kier alpha value is -4.86. The highest BCUT2D eigenvalue weighted by atomic mass is 16.5. The molecule has 0 unspecified atom stereocenters. The first-order chi connectivity index (χ1) is 17.4. The van der Waals surface area contributed by atoms with Crippen LogP contribution in [0.5, 0.6) is 5.75 Å². The highest BCUT2D eigenvalue weighted by molar-refractivity contribution is 6.05. The summed E-state index contributed by atoms with van der Waals surface area (Å²) in [5.74, 6) is -1.13. The van der Waals surface area contributed by atoms with Gasteiger partial charge in [-0.05, 0) is 42.0 Å². The number of hydrogen-bond donors (Lipinski definition) is 4. The number of hydrogen-bond acceptors (Lipinski definition) is 6. The maximum absolute atomic E-state index is 12.5. The minimum atomic E-state index is -0.761.